The Morgan fingerprint density at radius 2 is 2.11 bits per heavy atom. The van der Waals surface area contributed by atoms with Crippen molar-refractivity contribution in [3.05, 3.63) is 29.8 Å². The van der Waals surface area contributed by atoms with Crippen molar-refractivity contribution < 1.29 is 14.3 Å². The van der Waals surface area contributed by atoms with E-state index < -0.39 is 6.09 Å². The highest BCUT2D eigenvalue weighted by atomic mass is 16.5. The van der Waals surface area contributed by atoms with Crippen molar-refractivity contribution in [2.75, 3.05) is 11.9 Å². The molecule has 0 radical (unpaired) electrons. The molecule has 2 N–H and O–H groups in total. The molecule has 0 atom stereocenters. The summed E-state index contributed by atoms with van der Waals surface area (Å²) in [7, 11) is 0. The van der Waals surface area contributed by atoms with Gasteiger partial charge in [-0.25, -0.2) is 10.2 Å². The Morgan fingerprint density at radius 3 is 2.68 bits per heavy atom. The zero-order chi connectivity index (χ0) is 13.7. The number of carbonyl (C=O) groups excluding carboxylic acids is 2. The highest BCUT2D eigenvalue weighted by Gasteiger charge is 2.13. The molecule has 6 heteroatoms. The molecule has 1 aliphatic heterocycles. The Kier molecular flexibility index (Phi) is 4.12. The van der Waals surface area contributed by atoms with E-state index in [1.165, 1.54) is 0 Å². The molecule has 0 bridgehead atoms. The van der Waals surface area contributed by atoms with Gasteiger partial charge >= 0.3 is 6.09 Å². The van der Waals surface area contributed by atoms with Gasteiger partial charge in [-0.1, -0.05) is 12.1 Å². The standard InChI is InChI=1S/C13H15N3O3/c1-2-19-13(18)14-10-5-3-9(4-6-10)11-7-8-12(17)16-15-11/h3-6H,2,7-8H2,1H3,(H,14,18)(H,16,17). The van der Waals surface area contributed by atoms with E-state index in [1.807, 2.05) is 12.1 Å². The van der Waals surface area contributed by atoms with Gasteiger partial charge in [0, 0.05) is 18.5 Å². The van der Waals surface area contributed by atoms with Crippen molar-refractivity contribution in [3.63, 3.8) is 0 Å². The second-order valence-electron chi connectivity index (χ2n) is 4.02. The Bertz CT molecular complexity index is 508. The molecular formula is C13H15N3O3. The fourth-order valence-corrected chi connectivity index (χ4v) is 1.71. The highest BCUT2D eigenvalue weighted by molar-refractivity contribution is 6.04. The Morgan fingerprint density at radius 1 is 1.37 bits per heavy atom. The average Bonchev–Trinajstić information content (AvgIpc) is 2.41. The molecule has 0 saturated carbocycles. The smallest absolute Gasteiger partial charge is 0.411 e. The van der Waals surface area contributed by atoms with Crippen LogP contribution >= 0.6 is 0 Å². The third-order valence-electron chi connectivity index (χ3n) is 2.64. The van der Waals surface area contributed by atoms with Crippen molar-refractivity contribution in [2.24, 2.45) is 5.10 Å². The number of hydrogen-bond acceptors (Lipinski definition) is 4. The number of ether oxygens (including phenoxy) is 1. The molecule has 1 aromatic rings. The number of hydrogen-bond donors (Lipinski definition) is 2. The zero-order valence-corrected chi connectivity index (χ0v) is 10.6. The van der Waals surface area contributed by atoms with Crippen LogP contribution in [0, 0.1) is 0 Å². The van der Waals surface area contributed by atoms with E-state index in [1.54, 1.807) is 19.1 Å². The summed E-state index contributed by atoms with van der Waals surface area (Å²) >= 11 is 0. The molecule has 0 aromatic heterocycles. The summed E-state index contributed by atoms with van der Waals surface area (Å²) in [6.07, 6.45) is 0.593. The number of anilines is 1. The molecular weight excluding hydrogens is 246 g/mol. The van der Waals surface area contributed by atoms with Crippen molar-refractivity contribution in [3.8, 4) is 0 Å². The predicted molar refractivity (Wildman–Crippen MR) is 71.0 cm³/mol. The van der Waals surface area contributed by atoms with E-state index >= 15 is 0 Å². The second-order valence-corrected chi connectivity index (χ2v) is 4.02. The van der Waals surface area contributed by atoms with Gasteiger partial charge in [0.25, 0.3) is 0 Å². The Labute approximate surface area is 110 Å². The summed E-state index contributed by atoms with van der Waals surface area (Å²) in [5.41, 5.74) is 4.87. The van der Waals surface area contributed by atoms with E-state index in [-0.39, 0.29) is 5.91 Å². The lowest BCUT2D eigenvalue weighted by Crippen LogP contribution is -2.25. The lowest BCUT2D eigenvalue weighted by atomic mass is 10.0. The van der Waals surface area contributed by atoms with Crippen LogP contribution in [0.1, 0.15) is 25.3 Å². The minimum Gasteiger partial charge on any atom is -0.450 e. The number of amides is 2. The van der Waals surface area contributed by atoms with E-state index in [4.69, 9.17) is 4.74 Å². The molecule has 2 rings (SSSR count). The third-order valence-corrected chi connectivity index (χ3v) is 2.64. The van der Waals surface area contributed by atoms with Gasteiger partial charge in [-0.3, -0.25) is 10.1 Å². The van der Waals surface area contributed by atoms with Gasteiger partial charge in [-0.2, -0.15) is 5.10 Å². The summed E-state index contributed by atoms with van der Waals surface area (Å²) in [6.45, 7) is 2.08. The van der Waals surface area contributed by atoms with Gasteiger partial charge in [-0.15, -0.1) is 0 Å². The first-order valence-electron chi connectivity index (χ1n) is 6.08. The zero-order valence-electron chi connectivity index (χ0n) is 10.6. The monoisotopic (exact) mass is 261 g/mol. The molecule has 0 saturated heterocycles. The number of benzene rings is 1. The molecule has 0 fully saturated rings. The third kappa shape index (κ3) is 3.54. The summed E-state index contributed by atoms with van der Waals surface area (Å²) in [6, 6.07) is 7.23. The maximum atomic E-state index is 11.2. The van der Waals surface area contributed by atoms with Gasteiger partial charge < -0.3 is 4.74 Å². The van der Waals surface area contributed by atoms with Gasteiger partial charge in [0.05, 0.1) is 12.3 Å². The summed E-state index contributed by atoms with van der Waals surface area (Å²) in [4.78, 5) is 22.2. The molecule has 1 aromatic carbocycles. The summed E-state index contributed by atoms with van der Waals surface area (Å²) < 4.78 is 4.78. The Hall–Kier alpha value is -2.37. The molecule has 1 heterocycles. The molecule has 100 valence electrons. The van der Waals surface area contributed by atoms with Gasteiger partial charge in [0.2, 0.25) is 5.91 Å². The predicted octanol–water partition coefficient (Wildman–Crippen LogP) is 1.87. The largest absolute Gasteiger partial charge is 0.450 e. The van der Waals surface area contributed by atoms with Crippen LogP contribution in [-0.2, 0) is 9.53 Å². The number of carbonyl (C=O) groups is 2. The topological polar surface area (TPSA) is 79.8 Å². The first-order valence-corrected chi connectivity index (χ1v) is 6.08. The van der Waals surface area contributed by atoms with E-state index in [9.17, 15) is 9.59 Å². The number of nitrogens with one attached hydrogen (secondary N) is 2. The van der Waals surface area contributed by atoms with Gasteiger partial charge in [0.15, 0.2) is 0 Å². The quantitative estimate of drug-likeness (QED) is 0.871. The fraction of sp³-hybridized carbons (Fsp3) is 0.308. The van der Waals surface area contributed by atoms with Crippen LogP contribution < -0.4 is 10.7 Å². The lowest BCUT2D eigenvalue weighted by Gasteiger charge is -2.12. The van der Waals surface area contributed by atoms with Crippen LogP contribution in [0.5, 0.6) is 0 Å². The normalized spacial score (nSPS) is 14.4. The summed E-state index contributed by atoms with van der Waals surface area (Å²) in [5, 5.41) is 6.62. The van der Waals surface area contributed by atoms with Crippen molar-refractivity contribution in [1.29, 1.82) is 0 Å². The van der Waals surface area contributed by atoms with Crippen LogP contribution in [0.3, 0.4) is 0 Å². The average molecular weight is 261 g/mol. The number of nitrogens with zero attached hydrogens (tertiary/aromatic N) is 1. The van der Waals surface area contributed by atoms with Crippen LogP contribution in [0.15, 0.2) is 29.4 Å². The molecule has 1 aliphatic rings. The highest BCUT2D eigenvalue weighted by Crippen LogP contribution is 2.14. The van der Waals surface area contributed by atoms with E-state index in [2.05, 4.69) is 15.8 Å². The number of rotatable bonds is 3. The maximum absolute atomic E-state index is 11.2. The van der Waals surface area contributed by atoms with Gasteiger partial charge in [-0.05, 0) is 24.6 Å². The van der Waals surface area contributed by atoms with E-state index in [0.717, 1.165) is 11.3 Å². The van der Waals surface area contributed by atoms with E-state index in [0.29, 0.717) is 25.1 Å². The van der Waals surface area contributed by atoms with Gasteiger partial charge in [0.1, 0.15) is 0 Å². The van der Waals surface area contributed by atoms with Crippen LogP contribution in [0.2, 0.25) is 0 Å². The molecule has 6 nitrogen and oxygen atoms in total. The van der Waals surface area contributed by atoms with Crippen molar-refractivity contribution >= 4 is 23.4 Å². The molecule has 2 amide bonds. The van der Waals surface area contributed by atoms with Crippen LogP contribution in [-0.4, -0.2) is 24.3 Å². The first kappa shape index (κ1) is 13.1. The SMILES string of the molecule is CCOC(=O)Nc1ccc(C2=NNC(=O)CC2)cc1. The summed E-state index contributed by atoms with van der Waals surface area (Å²) in [5.74, 6) is -0.0654. The Balaban J connectivity index is 2.02. The van der Waals surface area contributed by atoms with Crippen molar-refractivity contribution in [1.82, 2.24) is 5.43 Å². The molecule has 19 heavy (non-hydrogen) atoms. The molecule has 0 unspecified atom stereocenters. The second kappa shape index (κ2) is 5.99. The van der Waals surface area contributed by atoms with Crippen LogP contribution in [0.25, 0.3) is 0 Å². The van der Waals surface area contributed by atoms with Crippen molar-refractivity contribution in [2.45, 2.75) is 19.8 Å². The minimum absolute atomic E-state index is 0.0654. The lowest BCUT2D eigenvalue weighted by molar-refractivity contribution is -0.121. The first-order chi connectivity index (χ1) is 9.19. The van der Waals surface area contributed by atoms with Crippen LogP contribution in [0.4, 0.5) is 10.5 Å². The maximum Gasteiger partial charge on any atom is 0.411 e. The minimum atomic E-state index is -0.475. The number of hydrazone groups is 1. The molecule has 0 aliphatic carbocycles. The fourth-order valence-electron chi connectivity index (χ4n) is 1.71. The molecule has 0 spiro atoms.